The van der Waals surface area contributed by atoms with Gasteiger partial charge in [0, 0.05) is 11.7 Å². The Bertz CT molecular complexity index is 832. The summed E-state index contributed by atoms with van der Waals surface area (Å²) in [6.07, 6.45) is 2.31. The Morgan fingerprint density at radius 3 is 2.88 bits per heavy atom. The molecule has 1 aliphatic heterocycles. The number of halogens is 1. The van der Waals surface area contributed by atoms with Crippen molar-refractivity contribution in [1.29, 1.82) is 0 Å². The van der Waals surface area contributed by atoms with E-state index in [2.05, 4.69) is 27.2 Å². The van der Waals surface area contributed by atoms with E-state index in [0.717, 1.165) is 25.0 Å². The Balaban J connectivity index is 1.88. The molecule has 10 heteroatoms. The predicted octanol–water partition coefficient (Wildman–Crippen LogP) is 2.58. The van der Waals surface area contributed by atoms with Gasteiger partial charge in [-0.2, -0.15) is 4.68 Å². The van der Waals surface area contributed by atoms with Crippen LogP contribution in [0.5, 0.6) is 0 Å². The van der Waals surface area contributed by atoms with Crippen LogP contribution >= 0.6 is 23.4 Å². The minimum atomic E-state index is -0.947. The lowest BCUT2D eigenvalue weighted by Crippen LogP contribution is -2.47. The molecule has 26 heavy (non-hydrogen) atoms. The van der Waals surface area contributed by atoms with Gasteiger partial charge >= 0.3 is 0 Å². The first kappa shape index (κ1) is 18.4. The summed E-state index contributed by atoms with van der Waals surface area (Å²) in [5.41, 5.74) is -0.00928. The van der Waals surface area contributed by atoms with Crippen molar-refractivity contribution < 1.29 is 14.6 Å². The number of aliphatic hydroxyl groups is 1. The highest BCUT2D eigenvalue weighted by atomic mass is 35.5. The van der Waals surface area contributed by atoms with Gasteiger partial charge in [0.05, 0.1) is 6.61 Å². The van der Waals surface area contributed by atoms with E-state index in [1.54, 1.807) is 4.68 Å². The third-order valence-corrected chi connectivity index (χ3v) is 6.20. The minimum absolute atomic E-state index is 0.0342. The second-order valence-electron chi connectivity index (χ2n) is 7.14. The fraction of sp³-hybridized carbons (Fsp3) is 0.750. The number of fused-ring (bicyclic) bond motifs is 2. The molecule has 2 aliphatic rings. The highest BCUT2D eigenvalue weighted by Gasteiger charge is 2.63. The van der Waals surface area contributed by atoms with Crippen molar-refractivity contribution in [2.24, 2.45) is 5.92 Å². The van der Waals surface area contributed by atoms with Gasteiger partial charge < -0.3 is 14.6 Å². The lowest BCUT2D eigenvalue weighted by Gasteiger charge is -2.33. The van der Waals surface area contributed by atoms with Crippen LogP contribution in [0.1, 0.15) is 40.0 Å². The maximum atomic E-state index is 9.98. The number of rotatable bonds is 5. The van der Waals surface area contributed by atoms with Crippen LogP contribution in [0.4, 0.5) is 0 Å². The van der Waals surface area contributed by atoms with Crippen molar-refractivity contribution >= 4 is 34.5 Å². The average molecular weight is 400 g/mol. The molecule has 0 aromatic carbocycles. The van der Waals surface area contributed by atoms with Crippen LogP contribution in [0, 0.1) is 5.92 Å². The molecular weight excluding hydrogens is 378 g/mol. The molecule has 0 amide bonds. The molecule has 1 saturated heterocycles. The molecule has 0 radical (unpaired) electrons. The van der Waals surface area contributed by atoms with Crippen LogP contribution < -0.4 is 0 Å². The Labute approximate surface area is 160 Å². The molecule has 142 valence electrons. The van der Waals surface area contributed by atoms with E-state index in [0.29, 0.717) is 16.3 Å². The van der Waals surface area contributed by atoms with E-state index < -0.39 is 11.5 Å². The lowest BCUT2D eigenvalue weighted by atomic mass is 9.99. The summed E-state index contributed by atoms with van der Waals surface area (Å²) in [6.45, 7) is 5.79. The van der Waals surface area contributed by atoms with Crippen LogP contribution in [0.2, 0.25) is 5.15 Å². The van der Waals surface area contributed by atoms with Gasteiger partial charge in [-0.1, -0.05) is 35.5 Å². The Hall–Kier alpha value is -1.00. The highest BCUT2D eigenvalue weighted by molar-refractivity contribution is 7.99. The van der Waals surface area contributed by atoms with Gasteiger partial charge in [0.15, 0.2) is 33.0 Å². The number of aromatic nitrogens is 5. The fourth-order valence-corrected chi connectivity index (χ4v) is 4.86. The number of nitrogens with zero attached hydrogens (tertiary/aromatic N) is 5. The molecule has 1 aliphatic carbocycles. The quantitative estimate of drug-likeness (QED) is 0.465. The van der Waals surface area contributed by atoms with Gasteiger partial charge in [-0.25, -0.2) is 9.97 Å². The molecule has 0 unspecified atom stereocenters. The summed E-state index contributed by atoms with van der Waals surface area (Å²) in [7, 11) is 0. The van der Waals surface area contributed by atoms with Gasteiger partial charge in [-0.3, -0.25) is 0 Å². The van der Waals surface area contributed by atoms with Crippen molar-refractivity contribution in [3.05, 3.63) is 5.15 Å². The second-order valence-corrected chi connectivity index (χ2v) is 8.56. The summed E-state index contributed by atoms with van der Waals surface area (Å²) < 4.78 is 14.1. The molecule has 1 saturated carbocycles. The summed E-state index contributed by atoms with van der Waals surface area (Å²) in [6, 6.07) is 0. The Morgan fingerprint density at radius 2 is 2.15 bits per heavy atom. The second kappa shape index (κ2) is 6.56. The molecule has 3 atom stereocenters. The average Bonchev–Trinajstić information content (AvgIpc) is 3.21. The highest BCUT2D eigenvalue weighted by Crippen LogP contribution is 2.53. The molecular formula is C16H22ClN5O3S. The van der Waals surface area contributed by atoms with Crippen LogP contribution in [-0.2, 0) is 15.2 Å². The molecule has 2 aromatic heterocycles. The van der Waals surface area contributed by atoms with Crippen LogP contribution in [0.3, 0.4) is 0 Å². The summed E-state index contributed by atoms with van der Waals surface area (Å²) >= 11 is 7.86. The van der Waals surface area contributed by atoms with Crippen molar-refractivity contribution in [1.82, 2.24) is 25.0 Å². The molecule has 2 fully saturated rings. The topological polar surface area (TPSA) is 95.2 Å². The summed E-state index contributed by atoms with van der Waals surface area (Å²) in [4.78, 5) is 8.95. The zero-order valence-electron chi connectivity index (χ0n) is 15.0. The van der Waals surface area contributed by atoms with E-state index in [4.69, 9.17) is 21.1 Å². The molecule has 0 bridgehead atoms. The standard InChI is InChI=1S/C16H22ClN5O3S/c1-4-7-26-14-18-12(17)11-13(19-14)22(21-20-11)16-9(8-23)5-6-10(16)24-15(2,3)25-16/h9-10,23H,4-8H2,1-3H3/t9-,10+,16-/m1/s1. The molecule has 2 aromatic rings. The van der Waals surface area contributed by atoms with E-state index in [1.807, 2.05) is 13.8 Å². The SMILES string of the molecule is CCCSc1nc(Cl)c2nnn([C@]34OC(C)(C)O[C@H]3CC[C@@H]4CO)c2n1. The molecule has 0 spiro atoms. The maximum absolute atomic E-state index is 9.98. The monoisotopic (exact) mass is 399 g/mol. The molecule has 3 heterocycles. The predicted molar refractivity (Wildman–Crippen MR) is 97.0 cm³/mol. The summed E-state index contributed by atoms with van der Waals surface area (Å²) in [5, 5.41) is 19.3. The van der Waals surface area contributed by atoms with E-state index in [-0.39, 0.29) is 23.8 Å². The van der Waals surface area contributed by atoms with Crippen LogP contribution in [0.25, 0.3) is 11.2 Å². The molecule has 8 nitrogen and oxygen atoms in total. The zero-order valence-corrected chi connectivity index (χ0v) is 16.5. The largest absolute Gasteiger partial charge is 0.396 e. The van der Waals surface area contributed by atoms with E-state index in [1.165, 1.54) is 11.8 Å². The minimum Gasteiger partial charge on any atom is -0.396 e. The van der Waals surface area contributed by atoms with Crippen molar-refractivity contribution in [3.8, 4) is 0 Å². The van der Waals surface area contributed by atoms with Crippen molar-refractivity contribution in [2.75, 3.05) is 12.4 Å². The number of hydrogen-bond acceptors (Lipinski definition) is 8. The third-order valence-electron chi connectivity index (χ3n) is 4.88. The van der Waals surface area contributed by atoms with Crippen LogP contribution in [-0.4, -0.2) is 54.3 Å². The Kier molecular flexibility index (Phi) is 4.63. The first-order valence-electron chi connectivity index (χ1n) is 8.82. The summed E-state index contributed by atoms with van der Waals surface area (Å²) in [5.74, 6) is -0.0594. The molecule has 1 N–H and O–H groups in total. The number of aliphatic hydroxyl groups excluding tert-OH is 1. The van der Waals surface area contributed by atoms with Crippen molar-refractivity contribution in [3.63, 3.8) is 0 Å². The zero-order chi connectivity index (χ0) is 18.5. The van der Waals surface area contributed by atoms with Gasteiger partial charge in [-0.15, -0.1) is 5.10 Å². The normalized spacial score (nSPS) is 30.2. The maximum Gasteiger partial charge on any atom is 0.199 e. The number of thioether (sulfide) groups is 1. The van der Waals surface area contributed by atoms with Gasteiger partial charge in [-0.05, 0) is 33.1 Å². The van der Waals surface area contributed by atoms with Crippen molar-refractivity contribution in [2.45, 2.75) is 62.8 Å². The number of hydrogen-bond donors (Lipinski definition) is 1. The Morgan fingerprint density at radius 1 is 1.35 bits per heavy atom. The first-order chi connectivity index (χ1) is 12.4. The lowest BCUT2D eigenvalue weighted by molar-refractivity contribution is -0.207. The third kappa shape index (κ3) is 2.72. The number of ether oxygens (including phenoxy) is 2. The fourth-order valence-electron chi connectivity index (χ4n) is 3.91. The van der Waals surface area contributed by atoms with Crippen LogP contribution in [0.15, 0.2) is 5.16 Å². The molecule has 4 rings (SSSR count). The van der Waals surface area contributed by atoms with E-state index in [9.17, 15) is 5.11 Å². The van der Waals surface area contributed by atoms with Gasteiger partial charge in [0.25, 0.3) is 0 Å². The first-order valence-corrected chi connectivity index (χ1v) is 10.2. The van der Waals surface area contributed by atoms with Gasteiger partial charge in [0.1, 0.15) is 6.10 Å². The smallest absolute Gasteiger partial charge is 0.199 e. The van der Waals surface area contributed by atoms with E-state index >= 15 is 0 Å². The van der Waals surface area contributed by atoms with Gasteiger partial charge in [0.2, 0.25) is 0 Å².